The maximum atomic E-state index is 4.11. The summed E-state index contributed by atoms with van der Waals surface area (Å²) in [5, 5.41) is 18.5. The quantitative estimate of drug-likeness (QED) is 0.531. The van der Waals surface area contributed by atoms with Gasteiger partial charge < -0.3 is 4.90 Å². The molecular formula is C18H17N6+. The van der Waals surface area contributed by atoms with Crippen molar-refractivity contribution >= 4 is 27.5 Å². The molecule has 0 saturated carbocycles. The van der Waals surface area contributed by atoms with E-state index in [0.29, 0.717) is 11.6 Å². The molecule has 0 aliphatic carbocycles. The molecule has 0 atom stereocenters. The Balaban J connectivity index is 1.88. The fourth-order valence-electron chi connectivity index (χ4n) is 2.69. The molecule has 118 valence electrons. The number of nitrogens with one attached hydrogen (secondary N) is 1. The van der Waals surface area contributed by atoms with Gasteiger partial charge in [0.25, 0.3) is 0 Å². The van der Waals surface area contributed by atoms with Crippen LogP contribution in [0.3, 0.4) is 0 Å². The first-order chi connectivity index (χ1) is 11.6. The molecule has 6 nitrogen and oxygen atoms in total. The number of benzene rings is 2. The molecule has 0 radical (unpaired) electrons. The fourth-order valence-corrected chi connectivity index (χ4v) is 2.69. The fraction of sp³-hybridized carbons (Fsp3) is 0.167. The number of hydrogen-bond acceptors (Lipinski definition) is 5. The van der Waals surface area contributed by atoms with Gasteiger partial charge in [0, 0.05) is 48.3 Å². The van der Waals surface area contributed by atoms with Crippen LogP contribution in [0.5, 0.6) is 0 Å². The molecule has 4 rings (SSSR count). The highest BCUT2D eigenvalue weighted by Crippen LogP contribution is 2.23. The Kier molecular flexibility index (Phi) is 3.30. The average molecular weight is 317 g/mol. The van der Waals surface area contributed by atoms with Gasteiger partial charge in [0.2, 0.25) is 16.9 Å². The van der Waals surface area contributed by atoms with Crippen LogP contribution in [-0.2, 0) is 0 Å². The van der Waals surface area contributed by atoms with E-state index in [9.17, 15) is 0 Å². The third-order valence-electron chi connectivity index (χ3n) is 4.02. The molecular weight excluding hydrogens is 300 g/mol. The van der Waals surface area contributed by atoms with Crippen LogP contribution in [0, 0.1) is 6.92 Å². The lowest BCUT2D eigenvalue weighted by Crippen LogP contribution is -2.11. The molecule has 0 bridgehead atoms. The predicted molar refractivity (Wildman–Crippen MR) is 93.7 cm³/mol. The molecule has 2 heterocycles. The van der Waals surface area contributed by atoms with E-state index in [1.54, 1.807) is 6.92 Å². The van der Waals surface area contributed by atoms with Gasteiger partial charge >= 0.3 is 0 Å². The van der Waals surface area contributed by atoms with E-state index < -0.39 is 0 Å². The Morgan fingerprint density at radius 2 is 1.46 bits per heavy atom. The number of H-pyrrole nitrogens is 1. The maximum Gasteiger partial charge on any atom is 0.213 e. The molecule has 4 aromatic rings. The monoisotopic (exact) mass is 317 g/mol. The SMILES string of the molecule is Cc1nnc(-c2ccc3cc4ccc(N(C)C)cc4[nH+]c3c2)nn1. The predicted octanol–water partition coefficient (Wildman–Crippen LogP) is 2.43. The van der Waals surface area contributed by atoms with Crippen molar-refractivity contribution in [2.45, 2.75) is 6.92 Å². The Morgan fingerprint density at radius 3 is 2.17 bits per heavy atom. The number of hydrogen-bond donors (Lipinski definition) is 0. The first-order valence-electron chi connectivity index (χ1n) is 7.72. The van der Waals surface area contributed by atoms with Crippen LogP contribution in [0.1, 0.15) is 5.82 Å². The first kappa shape index (κ1) is 14.4. The second-order valence-electron chi connectivity index (χ2n) is 6.01. The number of aryl methyl sites for hydroxylation is 1. The lowest BCUT2D eigenvalue weighted by Gasteiger charge is -2.11. The standard InChI is InChI=1S/C18H16N6/c1-11-20-22-18(23-21-11)14-5-4-12-8-13-6-7-15(24(2)3)10-17(13)19-16(12)9-14/h4-10H,1-3H3/p+1. The zero-order chi connectivity index (χ0) is 16.7. The zero-order valence-corrected chi connectivity index (χ0v) is 13.8. The number of aromatic amines is 1. The number of aromatic nitrogens is 5. The van der Waals surface area contributed by atoms with Gasteiger partial charge in [0.15, 0.2) is 5.82 Å². The molecule has 2 aromatic heterocycles. The van der Waals surface area contributed by atoms with E-state index in [0.717, 1.165) is 27.7 Å². The molecule has 24 heavy (non-hydrogen) atoms. The van der Waals surface area contributed by atoms with Crippen LogP contribution in [0.4, 0.5) is 5.69 Å². The largest absolute Gasteiger partial charge is 0.377 e. The van der Waals surface area contributed by atoms with Crippen LogP contribution in [0.2, 0.25) is 0 Å². The molecule has 0 fully saturated rings. The lowest BCUT2D eigenvalue weighted by molar-refractivity contribution is -0.310. The van der Waals surface area contributed by atoms with Gasteiger partial charge in [0.05, 0.1) is 0 Å². The van der Waals surface area contributed by atoms with Crippen molar-refractivity contribution in [2.75, 3.05) is 19.0 Å². The van der Waals surface area contributed by atoms with Crippen LogP contribution >= 0.6 is 0 Å². The third kappa shape index (κ3) is 2.52. The zero-order valence-electron chi connectivity index (χ0n) is 13.8. The Morgan fingerprint density at radius 1 is 0.792 bits per heavy atom. The number of anilines is 1. The highest BCUT2D eigenvalue weighted by Gasteiger charge is 2.11. The smallest absolute Gasteiger partial charge is 0.213 e. The van der Waals surface area contributed by atoms with E-state index in [1.807, 2.05) is 26.2 Å². The van der Waals surface area contributed by atoms with Crippen molar-refractivity contribution in [3.63, 3.8) is 0 Å². The minimum absolute atomic E-state index is 0.526. The van der Waals surface area contributed by atoms with E-state index in [2.05, 4.69) is 60.6 Å². The third-order valence-corrected chi connectivity index (χ3v) is 4.02. The van der Waals surface area contributed by atoms with Gasteiger partial charge in [0.1, 0.15) is 0 Å². The summed E-state index contributed by atoms with van der Waals surface area (Å²) in [6, 6.07) is 14.7. The molecule has 2 aromatic carbocycles. The van der Waals surface area contributed by atoms with E-state index in [1.165, 1.54) is 5.39 Å². The van der Waals surface area contributed by atoms with E-state index in [4.69, 9.17) is 0 Å². The normalized spacial score (nSPS) is 11.1. The van der Waals surface area contributed by atoms with Gasteiger partial charge in [-0.3, -0.25) is 0 Å². The number of fused-ring (bicyclic) bond motifs is 2. The Hall–Kier alpha value is -3.15. The number of pyridine rings is 1. The molecule has 6 heteroatoms. The van der Waals surface area contributed by atoms with Crippen molar-refractivity contribution in [3.8, 4) is 11.4 Å². The first-order valence-corrected chi connectivity index (χ1v) is 7.72. The average Bonchev–Trinajstić information content (AvgIpc) is 2.59. The summed E-state index contributed by atoms with van der Waals surface area (Å²) in [7, 11) is 4.07. The summed E-state index contributed by atoms with van der Waals surface area (Å²) in [4.78, 5) is 5.59. The van der Waals surface area contributed by atoms with Crippen molar-refractivity contribution in [1.82, 2.24) is 20.4 Å². The summed E-state index contributed by atoms with van der Waals surface area (Å²) in [5.74, 6) is 1.09. The van der Waals surface area contributed by atoms with Gasteiger partial charge in [-0.25, -0.2) is 4.98 Å². The molecule has 1 N–H and O–H groups in total. The van der Waals surface area contributed by atoms with Gasteiger partial charge in [-0.15, -0.1) is 20.4 Å². The van der Waals surface area contributed by atoms with Crippen LogP contribution in [0.25, 0.3) is 33.2 Å². The molecule has 0 saturated heterocycles. The van der Waals surface area contributed by atoms with Crippen molar-refractivity contribution in [2.24, 2.45) is 0 Å². The summed E-state index contributed by atoms with van der Waals surface area (Å²) in [5.41, 5.74) is 4.17. The second-order valence-corrected chi connectivity index (χ2v) is 6.01. The molecule has 0 aliphatic heterocycles. The van der Waals surface area contributed by atoms with Crippen molar-refractivity contribution in [1.29, 1.82) is 0 Å². The van der Waals surface area contributed by atoms with E-state index in [-0.39, 0.29) is 0 Å². The molecule has 0 aliphatic rings. The lowest BCUT2D eigenvalue weighted by atomic mass is 10.1. The minimum Gasteiger partial charge on any atom is -0.377 e. The van der Waals surface area contributed by atoms with Crippen LogP contribution < -0.4 is 9.88 Å². The minimum atomic E-state index is 0.526. The van der Waals surface area contributed by atoms with Crippen molar-refractivity contribution < 1.29 is 4.98 Å². The Labute approximate surface area is 139 Å². The van der Waals surface area contributed by atoms with Crippen LogP contribution in [0.15, 0.2) is 42.5 Å². The highest BCUT2D eigenvalue weighted by molar-refractivity contribution is 5.91. The van der Waals surface area contributed by atoms with Gasteiger partial charge in [-0.05, 0) is 37.3 Å². The highest BCUT2D eigenvalue weighted by atomic mass is 15.3. The molecule has 0 spiro atoms. The summed E-state index contributed by atoms with van der Waals surface area (Å²) < 4.78 is 0. The molecule has 0 amide bonds. The second kappa shape index (κ2) is 5.49. The topological polar surface area (TPSA) is 68.9 Å². The summed E-state index contributed by atoms with van der Waals surface area (Å²) in [6.07, 6.45) is 0. The van der Waals surface area contributed by atoms with Gasteiger partial charge in [-0.1, -0.05) is 0 Å². The summed E-state index contributed by atoms with van der Waals surface area (Å²) >= 11 is 0. The van der Waals surface area contributed by atoms with Crippen molar-refractivity contribution in [3.05, 3.63) is 48.3 Å². The number of rotatable bonds is 2. The molecule has 0 unspecified atom stereocenters. The number of nitrogens with zero attached hydrogens (tertiary/aromatic N) is 5. The van der Waals surface area contributed by atoms with E-state index >= 15 is 0 Å². The Bertz CT molecular complexity index is 1040. The van der Waals surface area contributed by atoms with Gasteiger partial charge in [-0.2, -0.15) is 0 Å². The summed E-state index contributed by atoms with van der Waals surface area (Å²) in [6.45, 7) is 1.77. The maximum absolute atomic E-state index is 4.11. The van der Waals surface area contributed by atoms with Crippen LogP contribution in [-0.4, -0.2) is 34.5 Å².